The topological polar surface area (TPSA) is 12.0 Å². The van der Waals surface area contributed by atoms with E-state index in [0.29, 0.717) is 6.04 Å². The van der Waals surface area contributed by atoms with Crippen molar-refractivity contribution >= 4 is 16.9 Å². The number of hydrogen-bond donors (Lipinski definition) is 1. The van der Waals surface area contributed by atoms with Crippen molar-refractivity contribution in [2.24, 2.45) is 0 Å². The van der Waals surface area contributed by atoms with Gasteiger partial charge < -0.3 is 5.32 Å². The summed E-state index contributed by atoms with van der Waals surface area (Å²) in [5, 5.41) is 8.04. The van der Waals surface area contributed by atoms with Gasteiger partial charge in [0.25, 0.3) is 0 Å². The van der Waals surface area contributed by atoms with E-state index in [1.807, 2.05) is 0 Å². The fourth-order valence-electron chi connectivity index (χ4n) is 2.38. The van der Waals surface area contributed by atoms with Crippen molar-refractivity contribution in [3.63, 3.8) is 0 Å². The first-order valence-corrected chi connectivity index (χ1v) is 5.85. The summed E-state index contributed by atoms with van der Waals surface area (Å²) in [5.74, 6) is 0. The molecular formula is C11H13NS. The van der Waals surface area contributed by atoms with Gasteiger partial charge >= 0.3 is 0 Å². The van der Waals surface area contributed by atoms with E-state index in [2.05, 4.69) is 28.2 Å². The van der Waals surface area contributed by atoms with E-state index in [0.717, 1.165) is 6.04 Å². The maximum Gasteiger partial charge on any atom is 0.0259 e. The Kier molecular flexibility index (Phi) is 1.77. The van der Waals surface area contributed by atoms with Crippen molar-refractivity contribution in [1.29, 1.82) is 0 Å². The van der Waals surface area contributed by atoms with Crippen LogP contribution in [0.25, 0.3) is 5.57 Å². The molecule has 1 saturated heterocycles. The van der Waals surface area contributed by atoms with Crippen LogP contribution < -0.4 is 5.32 Å². The molecule has 0 saturated carbocycles. The van der Waals surface area contributed by atoms with Crippen LogP contribution in [0.15, 0.2) is 22.9 Å². The lowest BCUT2D eigenvalue weighted by Crippen LogP contribution is -2.31. The summed E-state index contributed by atoms with van der Waals surface area (Å²) >= 11 is 1.79. The predicted octanol–water partition coefficient (Wildman–Crippen LogP) is 2.66. The minimum absolute atomic E-state index is 0.661. The SMILES string of the molecule is C1=C(c2ccsc2)CC2CCC1N2. The summed E-state index contributed by atoms with van der Waals surface area (Å²) in [4.78, 5) is 0. The predicted molar refractivity (Wildman–Crippen MR) is 56.9 cm³/mol. The highest BCUT2D eigenvalue weighted by Crippen LogP contribution is 2.32. The van der Waals surface area contributed by atoms with Crippen LogP contribution in [0.5, 0.6) is 0 Å². The molecule has 1 nitrogen and oxygen atoms in total. The standard InChI is InChI=1S/C11H13NS/c1-2-11-6-9(5-10(1)12-11)8-3-4-13-7-8/h3-5,7,10-12H,1-2,6H2. The van der Waals surface area contributed by atoms with E-state index >= 15 is 0 Å². The van der Waals surface area contributed by atoms with Gasteiger partial charge in [0.1, 0.15) is 0 Å². The summed E-state index contributed by atoms with van der Waals surface area (Å²) in [7, 11) is 0. The fraction of sp³-hybridized carbons (Fsp3) is 0.455. The first-order chi connectivity index (χ1) is 6.42. The molecule has 2 aliphatic heterocycles. The van der Waals surface area contributed by atoms with Crippen LogP contribution in [0, 0.1) is 0 Å². The second kappa shape index (κ2) is 2.96. The molecule has 0 aromatic carbocycles. The van der Waals surface area contributed by atoms with Crippen LogP contribution in [0.1, 0.15) is 24.8 Å². The zero-order valence-electron chi connectivity index (χ0n) is 7.49. The van der Waals surface area contributed by atoms with Gasteiger partial charge in [0.15, 0.2) is 0 Å². The Labute approximate surface area is 82.5 Å². The molecule has 2 unspecified atom stereocenters. The van der Waals surface area contributed by atoms with Crippen molar-refractivity contribution in [2.45, 2.75) is 31.3 Å². The van der Waals surface area contributed by atoms with E-state index < -0.39 is 0 Å². The van der Waals surface area contributed by atoms with Gasteiger partial charge in [0.05, 0.1) is 0 Å². The smallest absolute Gasteiger partial charge is 0.0259 e. The van der Waals surface area contributed by atoms with Gasteiger partial charge in [-0.05, 0) is 47.2 Å². The number of rotatable bonds is 1. The quantitative estimate of drug-likeness (QED) is 0.719. The number of thiophene rings is 1. The van der Waals surface area contributed by atoms with Crippen LogP contribution >= 0.6 is 11.3 Å². The molecule has 2 bridgehead atoms. The molecule has 1 fully saturated rings. The zero-order chi connectivity index (χ0) is 8.67. The third-order valence-electron chi connectivity index (χ3n) is 3.04. The third kappa shape index (κ3) is 1.34. The van der Waals surface area contributed by atoms with Gasteiger partial charge in [-0.3, -0.25) is 0 Å². The Hall–Kier alpha value is -0.600. The highest BCUT2D eigenvalue weighted by atomic mass is 32.1. The second-order valence-electron chi connectivity index (χ2n) is 3.96. The number of nitrogens with one attached hydrogen (secondary N) is 1. The maximum absolute atomic E-state index is 3.61. The van der Waals surface area contributed by atoms with Crippen molar-refractivity contribution in [3.05, 3.63) is 28.5 Å². The second-order valence-corrected chi connectivity index (χ2v) is 4.74. The molecule has 2 atom stereocenters. The van der Waals surface area contributed by atoms with E-state index in [9.17, 15) is 0 Å². The maximum atomic E-state index is 3.61. The van der Waals surface area contributed by atoms with Crippen LogP contribution in [-0.4, -0.2) is 12.1 Å². The molecule has 0 aliphatic carbocycles. The van der Waals surface area contributed by atoms with Gasteiger partial charge in [-0.2, -0.15) is 11.3 Å². The Balaban J connectivity index is 1.93. The lowest BCUT2D eigenvalue weighted by atomic mass is 9.99. The van der Waals surface area contributed by atoms with Gasteiger partial charge in [-0.25, -0.2) is 0 Å². The van der Waals surface area contributed by atoms with Crippen LogP contribution in [0.4, 0.5) is 0 Å². The lowest BCUT2D eigenvalue weighted by Gasteiger charge is -2.20. The van der Waals surface area contributed by atoms with Gasteiger partial charge in [-0.1, -0.05) is 6.08 Å². The fourth-order valence-corrected chi connectivity index (χ4v) is 3.06. The van der Waals surface area contributed by atoms with Gasteiger partial charge in [-0.15, -0.1) is 0 Å². The molecule has 0 amide bonds. The minimum Gasteiger partial charge on any atom is -0.307 e. The average molecular weight is 191 g/mol. The Morgan fingerprint density at radius 3 is 3.15 bits per heavy atom. The molecule has 68 valence electrons. The Bertz CT molecular complexity index is 326. The summed E-state index contributed by atoms with van der Waals surface area (Å²) in [6.45, 7) is 0. The molecule has 3 rings (SSSR count). The summed E-state index contributed by atoms with van der Waals surface area (Å²) in [6, 6.07) is 3.65. The van der Waals surface area contributed by atoms with E-state index in [4.69, 9.17) is 0 Å². The van der Waals surface area contributed by atoms with Crippen LogP contribution in [0.2, 0.25) is 0 Å². The first-order valence-electron chi connectivity index (χ1n) is 4.91. The van der Waals surface area contributed by atoms with Crippen molar-refractivity contribution in [1.82, 2.24) is 5.32 Å². The van der Waals surface area contributed by atoms with Crippen molar-refractivity contribution < 1.29 is 0 Å². The molecule has 1 aromatic rings. The molecule has 0 spiro atoms. The summed E-state index contributed by atoms with van der Waals surface area (Å²) in [6.07, 6.45) is 6.34. The first kappa shape index (κ1) is 7.77. The number of fused-ring (bicyclic) bond motifs is 2. The normalized spacial score (nSPS) is 31.8. The monoisotopic (exact) mass is 191 g/mol. The Morgan fingerprint density at radius 2 is 2.38 bits per heavy atom. The minimum atomic E-state index is 0.661. The highest BCUT2D eigenvalue weighted by Gasteiger charge is 2.28. The molecule has 2 aliphatic rings. The Morgan fingerprint density at radius 1 is 1.38 bits per heavy atom. The van der Waals surface area contributed by atoms with Gasteiger partial charge in [0.2, 0.25) is 0 Å². The van der Waals surface area contributed by atoms with Crippen LogP contribution in [-0.2, 0) is 0 Å². The van der Waals surface area contributed by atoms with Crippen LogP contribution in [0.3, 0.4) is 0 Å². The molecular weight excluding hydrogens is 178 g/mol. The lowest BCUT2D eigenvalue weighted by molar-refractivity contribution is 0.575. The van der Waals surface area contributed by atoms with Crippen molar-refractivity contribution in [3.8, 4) is 0 Å². The molecule has 2 heteroatoms. The molecule has 1 aromatic heterocycles. The van der Waals surface area contributed by atoms with Crippen molar-refractivity contribution in [2.75, 3.05) is 0 Å². The van der Waals surface area contributed by atoms with E-state index in [-0.39, 0.29) is 0 Å². The number of hydrogen-bond acceptors (Lipinski definition) is 2. The molecule has 1 N–H and O–H groups in total. The summed E-state index contributed by atoms with van der Waals surface area (Å²) < 4.78 is 0. The summed E-state index contributed by atoms with van der Waals surface area (Å²) in [5.41, 5.74) is 3.01. The zero-order valence-corrected chi connectivity index (χ0v) is 8.31. The largest absolute Gasteiger partial charge is 0.307 e. The van der Waals surface area contributed by atoms with Gasteiger partial charge in [0, 0.05) is 12.1 Å². The third-order valence-corrected chi connectivity index (χ3v) is 3.72. The molecule has 13 heavy (non-hydrogen) atoms. The highest BCUT2D eigenvalue weighted by molar-refractivity contribution is 7.08. The van der Waals surface area contributed by atoms with E-state index in [1.165, 1.54) is 24.8 Å². The molecule has 3 heterocycles. The van der Waals surface area contributed by atoms with E-state index in [1.54, 1.807) is 16.9 Å². The molecule has 0 radical (unpaired) electrons. The average Bonchev–Trinajstić information content (AvgIpc) is 2.75.